The molecule has 6 nitrogen and oxygen atoms in total. The molecule has 0 amide bonds. The Morgan fingerprint density at radius 3 is 2.55 bits per heavy atom. The first-order chi connectivity index (χ1) is 14.9. The van der Waals surface area contributed by atoms with E-state index in [1.165, 1.54) is 6.42 Å². The van der Waals surface area contributed by atoms with Gasteiger partial charge in [-0.05, 0) is 63.8 Å². The molecule has 1 unspecified atom stereocenters. The summed E-state index contributed by atoms with van der Waals surface area (Å²) in [6.45, 7) is 7.51. The van der Waals surface area contributed by atoms with E-state index in [1.807, 2.05) is 32.9 Å². The number of fused-ring (bicyclic) bond motifs is 1. The van der Waals surface area contributed by atoms with Crippen LogP contribution in [0.4, 0.5) is 11.6 Å². The summed E-state index contributed by atoms with van der Waals surface area (Å²) in [6.07, 6.45) is 3.37. The number of aromatic carboxylic acids is 1. The van der Waals surface area contributed by atoms with E-state index in [-0.39, 0.29) is 17.0 Å². The molecule has 0 aliphatic carbocycles. The molecule has 1 atom stereocenters. The van der Waals surface area contributed by atoms with Gasteiger partial charge in [0.05, 0.1) is 22.6 Å². The number of aryl methyl sites for hydroxylation is 1. The van der Waals surface area contributed by atoms with E-state index >= 15 is 0 Å². The molecule has 162 valence electrons. The van der Waals surface area contributed by atoms with Crippen LogP contribution in [0.3, 0.4) is 0 Å². The van der Waals surface area contributed by atoms with E-state index < -0.39 is 5.97 Å². The number of nitrogens with zero attached hydrogens (tertiary/aromatic N) is 1. The second kappa shape index (κ2) is 8.46. The Hall–Kier alpha value is -3.28. The summed E-state index contributed by atoms with van der Waals surface area (Å²) in [5, 5.41) is 13.4. The molecule has 31 heavy (non-hydrogen) atoms. The number of hydrogen-bond acceptors (Lipinski definition) is 5. The van der Waals surface area contributed by atoms with Crippen LogP contribution in [0.25, 0.3) is 11.0 Å². The van der Waals surface area contributed by atoms with Crippen LogP contribution in [0.15, 0.2) is 45.6 Å². The van der Waals surface area contributed by atoms with Crippen LogP contribution < -0.4 is 15.6 Å². The zero-order valence-corrected chi connectivity index (χ0v) is 18.2. The highest BCUT2D eigenvalue weighted by Crippen LogP contribution is 2.32. The van der Waals surface area contributed by atoms with Crippen LogP contribution in [0.1, 0.15) is 59.3 Å². The second-order valence-electron chi connectivity index (χ2n) is 8.36. The normalized spacial score (nSPS) is 15.1. The van der Waals surface area contributed by atoms with E-state index in [2.05, 4.69) is 10.2 Å². The standard InChI is InChI=1S/C25H28N2O4/c1-15-13-19(17(3)26-21-10-6-5-9-18(21)25(29)30)23-20(14-15)22(28)16(2)24(31-23)27-11-7-4-8-12-27/h5-6,9-10,13-14,17,26H,4,7-8,11-12H2,1-3H3,(H,29,30). The molecule has 2 heterocycles. The fourth-order valence-electron chi connectivity index (χ4n) is 4.38. The molecule has 1 fully saturated rings. The Morgan fingerprint density at radius 2 is 1.84 bits per heavy atom. The number of para-hydroxylation sites is 1. The average Bonchev–Trinajstić information content (AvgIpc) is 2.77. The minimum Gasteiger partial charge on any atom is -0.478 e. The summed E-state index contributed by atoms with van der Waals surface area (Å²) >= 11 is 0. The lowest BCUT2D eigenvalue weighted by molar-refractivity contribution is 0.0698. The maximum atomic E-state index is 13.2. The summed E-state index contributed by atoms with van der Waals surface area (Å²) in [4.78, 5) is 27.0. The Labute approximate surface area is 181 Å². The number of anilines is 2. The first-order valence-corrected chi connectivity index (χ1v) is 10.8. The fraction of sp³-hybridized carbons (Fsp3) is 0.360. The monoisotopic (exact) mass is 420 g/mol. The van der Waals surface area contributed by atoms with Gasteiger partial charge in [-0.15, -0.1) is 0 Å². The van der Waals surface area contributed by atoms with Crippen LogP contribution in [-0.4, -0.2) is 24.2 Å². The van der Waals surface area contributed by atoms with Crippen molar-refractivity contribution in [1.29, 1.82) is 0 Å². The first-order valence-electron chi connectivity index (χ1n) is 10.8. The summed E-state index contributed by atoms with van der Waals surface area (Å²) in [5.41, 5.74) is 3.73. The smallest absolute Gasteiger partial charge is 0.337 e. The topological polar surface area (TPSA) is 82.8 Å². The molecule has 0 radical (unpaired) electrons. The van der Waals surface area contributed by atoms with Crippen molar-refractivity contribution in [3.63, 3.8) is 0 Å². The van der Waals surface area contributed by atoms with Crippen molar-refractivity contribution in [3.8, 4) is 0 Å². The van der Waals surface area contributed by atoms with Crippen LogP contribution in [0.5, 0.6) is 0 Å². The van der Waals surface area contributed by atoms with Gasteiger partial charge in [-0.3, -0.25) is 4.79 Å². The van der Waals surface area contributed by atoms with Gasteiger partial charge in [-0.1, -0.05) is 18.2 Å². The van der Waals surface area contributed by atoms with Gasteiger partial charge in [0.25, 0.3) is 0 Å². The van der Waals surface area contributed by atoms with Crippen molar-refractivity contribution in [2.75, 3.05) is 23.3 Å². The summed E-state index contributed by atoms with van der Waals surface area (Å²) in [5.74, 6) is -0.334. The number of rotatable bonds is 5. The molecule has 1 aliphatic rings. The molecule has 2 N–H and O–H groups in total. The SMILES string of the molecule is Cc1cc(C(C)Nc2ccccc2C(=O)O)c2oc(N3CCCCC3)c(C)c(=O)c2c1. The lowest BCUT2D eigenvalue weighted by Crippen LogP contribution is -2.31. The van der Waals surface area contributed by atoms with Gasteiger partial charge in [0.2, 0.25) is 5.88 Å². The quantitative estimate of drug-likeness (QED) is 0.585. The van der Waals surface area contributed by atoms with Gasteiger partial charge < -0.3 is 19.7 Å². The Balaban J connectivity index is 1.83. The highest BCUT2D eigenvalue weighted by molar-refractivity contribution is 5.94. The number of nitrogens with one attached hydrogen (secondary N) is 1. The Bertz CT molecular complexity index is 1190. The van der Waals surface area contributed by atoms with Gasteiger partial charge in [0, 0.05) is 24.3 Å². The molecule has 4 rings (SSSR count). The molecular formula is C25H28N2O4. The minimum absolute atomic E-state index is 0.00934. The van der Waals surface area contributed by atoms with Crippen molar-refractivity contribution in [1.82, 2.24) is 0 Å². The third kappa shape index (κ3) is 4.02. The third-order valence-corrected chi connectivity index (χ3v) is 6.01. The molecule has 1 saturated heterocycles. The van der Waals surface area contributed by atoms with Gasteiger partial charge in [0.15, 0.2) is 5.43 Å². The predicted molar refractivity (Wildman–Crippen MR) is 123 cm³/mol. The van der Waals surface area contributed by atoms with E-state index in [9.17, 15) is 14.7 Å². The lowest BCUT2D eigenvalue weighted by atomic mass is 9.99. The molecule has 0 saturated carbocycles. The number of benzene rings is 2. The summed E-state index contributed by atoms with van der Waals surface area (Å²) in [6, 6.07) is 10.4. The van der Waals surface area contributed by atoms with Gasteiger partial charge in [-0.2, -0.15) is 0 Å². The molecule has 0 spiro atoms. The summed E-state index contributed by atoms with van der Waals surface area (Å²) < 4.78 is 6.41. The van der Waals surface area contributed by atoms with Gasteiger partial charge in [0.1, 0.15) is 5.58 Å². The van der Waals surface area contributed by atoms with Crippen LogP contribution >= 0.6 is 0 Å². The van der Waals surface area contributed by atoms with Crippen molar-refractivity contribution in [3.05, 3.63) is 68.9 Å². The molecule has 0 bridgehead atoms. The molecule has 3 aromatic rings. The lowest BCUT2D eigenvalue weighted by Gasteiger charge is -2.29. The molecule has 2 aromatic carbocycles. The number of carboxylic acid groups (broad SMARTS) is 1. The second-order valence-corrected chi connectivity index (χ2v) is 8.36. The van der Waals surface area contributed by atoms with Crippen LogP contribution in [0, 0.1) is 13.8 Å². The number of carboxylic acids is 1. The van der Waals surface area contributed by atoms with E-state index in [0.29, 0.717) is 28.1 Å². The first kappa shape index (κ1) is 21.0. The highest BCUT2D eigenvalue weighted by atomic mass is 16.4. The average molecular weight is 421 g/mol. The predicted octanol–water partition coefficient (Wildman–Crippen LogP) is 5.27. The summed E-state index contributed by atoms with van der Waals surface area (Å²) in [7, 11) is 0. The molecular weight excluding hydrogens is 392 g/mol. The van der Waals surface area contributed by atoms with E-state index in [0.717, 1.165) is 37.1 Å². The Kier molecular flexibility index (Phi) is 5.72. The van der Waals surface area contributed by atoms with Gasteiger partial charge in [-0.25, -0.2) is 4.79 Å². The molecule has 1 aliphatic heterocycles. The Morgan fingerprint density at radius 1 is 1.13 bits per heavy atom. The molecule has 6 heteroatoms. The van der Waals surface area contributed by atoms with E-state index in [4.69, 9.17) is 4.42 Å². The number of carbonyl (C=O) groups is 1. The van der Waals surface area contributed by atoms with Crippen molar-refractivity contribution in [2.45, 2.75) is 46.1 Å². The zero-order valence-electron chi connectivity index (χ0n) is 18.2. The maximum Gasteiger partial charge on any atom is 0.337 e. The fourth-order valence-corrected chi connectivity index (χ4v) is 4.38. The number of hydrogen-bond donors (Lipinski definition) is 2. The minimum atomic E-state index is -0.987. The van der Waals surface area contributed by atoms with Crippen LogP contribution in [0.2, 0.25) is 0 Å². The largest absolute Gasteiger partial charge is 0.478 e. The van der Waals surface area contributed by atoms with Crippen molar-refractivity contribution >= 4 is 28.5 Å². The van der Waals surface area contributed by atoms with Crippen molar-refractivity contribution < 1.29 is 14.3 Å². The van der Waals surface area contributed by atoms with Crippen LogP contribution in [-0.2, 0) is 0 Å². The number of piperidine rings is 1. The zero-order chi connectivity index (χ0) is 22.1. The maximum absolute atomic E-state index is 13.2. The molecule has 1 aromatic heterocycles. The highest BCUT2D eigenvalue weighted by Gasteiger charge is 2.22. The van der Waals surface area contributed by atoms with E-state index in [1.54, 1.807) is 24.3 Å². The van der Waals surface area contributed by atoms with Gasteiger partial charge >= 0.3 is 5.97 Å². The van der Waals surface area contributed by atoms with Crippen molar-refractivity contribution in [2.24, 2.45) is 0 Å². The third-order valence-electron chi connectivity index (χ3n) is 6.01.